The fraction of sp³-hybridized carbons (Fsp3) is 0.786. The first-order chi connectivity index (χ1) is 10.4. The van der Waals surface area contributed by atoms with Gasteiger partial charge in [-0.3, -0.25) is 9.59 Å². The number of carbonyl (C=O) groups excluding carboxylic acids is 3. The van der Waals surface area contributed by atoms with Crippen LogP contribution in [0, 0.1) is 0 Å². The van der Waals surface area contributed by atoms with Gasteiger partial charge in [0, 0.05) is 6.54 Å². The molecule has 0 spiro atoms. The second kappa shape index (κ2) is 11.0. The lowest BCUT2D eigenvalue weighted by atomic mass is 10.1. The number of esters is 1. The van der Waals surface area contributed by atoms with Gasteiger partial charge >= 0.3 is 5.97 Å². The summed E-state index contributed by atoms with van der Waals surface area (Å²) in [6.45, 7) is 3.83. The molecule has 128 valence electrons. The number of likely N-dealkylation sites (N-methyl/N-ethyl adjacent to an activating group) is 2. The molecule has 0 aromatic heterocycles. The first-order valence-electron chi connectivity index (χ1n) is 7.37. The maximum Gasteiger partial charge on any atom is 0.328 e. The van der Waals surface area contributed by atoms with Crippen LogP contribution in [0.5, 0.6) is 0 Å². The van der Waals surface area contributed by atoms with Gasteiger partial charge in [0.05, 0.1) is 19.2 Å². The summed E-state index contributed by atoms with van der Waals surface area (Å²) >= 11 is 0. The van der Waals surface area contributed by atoms with Crippen molar-refractivity contribution >= 4 is 17.8 Å². The van der Waals surface area contributed by atoms with E-state index in [9.17, 15) is 14.4 Å². The van der Waals surface area contributed by atoms with Crippen molar-refractivity contribution in [2.45, 2.75) is 44.8 Å². The van der Waals surface area contributed by atoms with Crippen molar-refractivity contribution in [3.8, 4) is 0 Å². The van der Waals surface area contributed by atoms with Crippen molar-refractivity contribution in [2.24, 2.45) is 0 Å². The third kappa shape index (κ3) is 7.37. The van der Waals surface area contributed by atoms with E-state index in [1.807, 2.05) is 0 Å². The quantitative estimate of drug-likeness (QED) is 0.296. The standard InChI is InChI=1S/C14H28N4O4/c1-9(15-3)12(19)17-8-6-7-11(16-4)13(20)18-10(2)14(21)22-5/h9-11,15-16H,6-8H2,1-5H3,(H,17,19)(H,18,20)/t9-,10-,11+/m1/s1. The topological polar surface area (TPSA) is 109 Å². The monoisotopic (exact) mass is 316 g/mol. The van der Waals surface area contributed by atoms with Crippen molar-refractivity contribution < 1.29 is 19.1 Å². The number of carbonyl (C=O) groups is 3. The van der Waals surface area contributed by atoms with E-state index in [2.05, 4.69) is 26.0 Å². The van der Waals surface area contributed by atoms with Crippen LogP contribution in [-0.4, -0.2) is 63.7 Å². The molecule has 8 heteroatoms. The van der Waals surface area contributed by atoms with Gasteiger partial charge in [-0.15, -0.1) is 0 Å². The summed E-state index contributed by atoms with van der Waals surface area (Å²) in [4.78, 5) is 34.8. The average molecular weight is 316 g/mol. The number of nitrogens with one attached hydrogen (secondary N) is 4. The molecule has 22 heavy (non-hydrogen) atoms. The molecule has 8 nitrogen and oxygen atoms in total. The van der Waals surface area contributed by atoms with E-state index >= 15 is 0 Å². The molecule has 0 aromatic carbocycles. The van der Waals surface area contributed by atoms with E-state index in [1.165, 1.54) is 7.11 Å². The van der Waals surface area contributed by atoms with E-state index in [1.54, 1.807) is 27.9 Å². The lowest BCUT2D eigenvalue weighted by molar-refractivity contribution is -0.144. The van der Waals surface area contributed by atoms with Gasteiger partial charge in [-0.2, -0.15) is 0 Å². The van der Waals surface area contributed by atoms with Gasteiger partial charge in [0.25, 0.3) is 0 Å². The zero-order chi connectivity index (χ0) is 17.1. The lowest BCUT2D eigenvalue weighted by Gasteiger charge is -2.19. The summed E-state index contributed by atoms with van der Waals surface area (Å²) in [6, 6.07) is -1.36. The molecule has 0 aromatic rings. The van der Waals surface area contributed by atoms with Crippen molar-refractivity contribution in [1.29, 1.82) is 0 Å². The molecular formula is C14H28N4O4. The molecule has 0 fully saturated rings. The number of methoxy groups -OCH3 is 1. The Morgan fingerprint density at radius 3 is 2.14 bits per heavy atom. The normalized spacial score (nSPS) is 14.6. The summed E-state index contributed by atoms with van der Waals surface area (Å²) in [7, 11) is 4.66. The van der Waals surface area contributed by atoms with Gasteiger partial charge in [-0.25, -0.2) is 4.79 Å². The minimum atomic E-state index is -0.690. The molecule has 0 rings (SSSR count). The summed E-state index contributed by atoms with van der Waals surface area (Å²) in [6.07, 6.45) is 1.19. The molecule has 0 saturated heterocycles. The van der Waals surface area contributed by atoms with Crippen LogP contribution in [0.2, 0.25) is 0 Å². The third-order valence-electron chi connectivity index (χ3n) is 3.37. The predicted octanol–water partition coefficient (Wildman–Crippen LogP) is -1.24. The average Bonchev–Trinajstić information content (AvgIpc) is 2.52. The Kier molecular flexibility index (Phi) is 10.1. The molecule has 0 heterocycles. The Hall–Kier alpha value is -1.67. The molecule has 3 atom stereocenters. The smallest absolute Gasteiger partial charge is 0.328 e. The number of rotatable bonds is 10. The highest BCUT2D eigenvalue weighted by Crippen LogP contribution is 1.98. The van der Waals surface area contributed by atoms with Gasteiger partial charge in [0.2, 0.25) is 11.8 Å². The minimum Gasteiger partial charge on any atom is -0.467 e. The van der Waals surface area contributed by atoms with Crippen LogP contribution < -0.4 is 21.3 Å². The first kappa shape index (κ1) is 20.3. The van der Waals surface area contributed by atoms with E-state index in [0.717, 1.165) is 0 Å². The lowest BCUT2D eigenvalue weighted by Crippen LogP contribution is -2.48. The fourth-order valence-corrected chi connectivity index (χ4v) is 1.76. The van der Waals surface area contributed by atoms with Crippen LogP contribution in [-0.2, 0) is 19.1 Å². The fourth-order valence-electron chi connectivity index (χ4n) is 1.76. The molecule has 0 aliphatic heterocycles. The number of hydrogen-bond donors (Lipinski definition) is 4. The van der Waals surface area contributed by atoms with Crippen LogP contribution in [0.1, 0.15) is 26.7 Å². The summed E-state index contributed by atoms with van der Waals surface area (Å²) < 4.78 is 4.56. The van der Waals surface area contributed by atoms with Crippen LogP contribution in [0.3, 0.4) is 0 Å². The number of ether oxygens (including phenoxy) is 1. The molecule has 0 aliphatic carbocycles. The van der Waals surface area contributed by atoms with Gasteiger partial charge in [0.15, 0.2) is 0 Å². The molecule has 4 N–H and O–H groups in total. The van der Waals surface area contributed by atoms with Crippen LogP contribution in [0.15, 0.2) is 0 Å². The highest BCUT2D eigenvalue weighted by atomic mass is 16.5. The van der Waals surface area contributed by atoms with Crippen molar-refractivity contribution in [3.05, 3.63) is 0 Å². The highest BCUT2D eigenvalue weighted by Gasteiger charge is 2.21. The molecule has 2 amide bonds. The van der Waals surface area contributed by atoms with Crippen LogP contribution in [0.25, 0.3) is 0 Å². The van der Waals surface area contributed by atoms with Gasteiger partial charge in [0.1, 0.15) is 6.04 Å². The van der Waals surface area contributed by atoms with Crippen molar-refractivity contribution in [2.75, 3.05) is 27.7 Å². The SMILES string of the molecule is CN[C@@H](CCCNC(=O)[C@@H](C)NC)C(=O)N[C@H](C)C(=O)OC. The molecule has 0 bridgehead atoms. The van der Waals surface area contributed by atoms with E-state index in [-0.39, 0.29) is 17.9 Å². The first-order valence-corrected chi connectivity index (χ1v) is 7.37. The Labute approximate surface area is 131 Å². The molecule has 0 unspecified atom stereocenters. The van der Waals surface area contributed by atoms with Crippen LogP contribution in [0.4, 0.5) is 0 Å². The predicted molar refractivity (Wildman–Crippen MR) is 83.2 cm³/mol. The third-order valence-corrected chi connectivity index (χ3v) is 3.37. The zero-order valence-corrected chi connectivity index (χ0v) is 14.0. The maximum atomic E-state index is 12.0. The van der Waals surface area contributed by atoms with Gasteiger partial charge < -0.3 is 26.0 Å². The zero-order valence-electron chi connectivity index (χ0n) is 14.0. The van der Waals surface area contributed by atoms with Crippen molar-refractivity contribution in [1.82, 2.24) is 21.3 Å². The summed E-state index contributed by atoms with van der Waals surface area (Å²) in [5.41, 5.74) is 0. The maximum absolute atomic E-state index is 12.0. The molecular weight excluding hydrogens is 288 g/mol. The highest BCUT2D eigenvalue weighted by molar-refractivity contribution is 5.87. The Morgan fingerprint density at radius 1 is 1.00 bits per heavy atom. The number of hydrogen-bond acceptors (Lipinski definition) is 6. The number of amides is 2. The summed E-state index contributed by atoms with van der Waals surface area (Å²) in [5.74, 6) is -0.834. The molecule has 0 saturated carbocycles. The largest absolute Gasteiger partial charge is 0.467 e. The van der Waals surface area contributed by atoms with Gasteiger partial charge in [-0.1, -0.05) is 0 Å². The Bertz CT molecular complexity index is 376. The minimum absolute atomic E-state index is 0.0766. The van der Waals surface area contributed by atoms with E-state index < -0.39 is 18.1 Å². The van der Waals surface area contributed by atoms with Crippen molar-refractivity contribution in [3.63, 3.8) is 0 Å². The van der Waals surface area contributed by atoms with Crippen LogP contribution >= 0.6 is 0 Å². The second-order valence-corrected chi connectivity index (χ2v) is 5.04. The molecule has 0 radical (unpaired) electrons. The van der Waals surface area contributed by atoms with Gasteiger partial charge in [-0.05, 0) is 40.8 Å². The Morgan fingerprint density at radius 2 is 1.64 bits per heavy atom. The summed E-state index contributed by atoms with van der Waals surface area (Å²) in [5, 5.41) is 11.1. The molecule has 0 aliphatic rings. The van der Waals surface area contributed by atoms with E-state index in [4.69, 9.17) is 0 Å². The van der Waals surface area contributed by atoms with E-state index in [0.29, 0.717) is 19.4 Å². The second-order valence-electron chi connectivity index (χ2n) is 5.04. The Balaban J connectivity index is 4.13.